The van der Waals surface area contributed by atoms with Crippen LogP contribution >= 0.6 is 0 Å². The molecule has 0 bridgehead atoms. The van der Waals surface area contributed by atoms with Gasteiger partial charge in [-0.2, -0.15) is 0 Å². The smallest absolute Gasteiger partial charge is 0.167 e. The van der Waals surface area contributed by atoms with E-state index < -0.39 is 0 Å². The quantitative estimate of drug-likeness (QED) is 0.668. The van der Waals surface area contributed by atoms with Gasteiger partial charge in [0.15, 0.2) is 5.78 Å². The molecule has 0 fully saturated rings. The van der Waals surface area contributed by atoms with Crippen molar-refractivity contribution in [2.24, 2.45) is 0 Å². The number of hydrogen-bond acceptors (Lipinski definition) is 2. The molecular formula is C19H17NO. The molecule has 104 valence electrons. The van der Waals surface area contributed by atoms with Gasteiger partial charge in [-0.1, -0.05) is 47.5 Å². The highest BCUT2D eigenvalue weighted by Gasteiger charge is 2.11. The van der Waals surface area contributed by atoms with E-state index in [1.807, 2.05) is 24.3 Å². The van der Waals surface area contributed by atoms with Gasteiger partial charge in [0.1, 0.15) is 0 Å². The monoisotopic (exact) mass is 275 g/mol. The first-order valence-electron chi connectivity index (χ1n) is 7.06. The molecule has 0 unspecified atom stereocenters. The molecule has 0 saturated carbocycles. The van der Waals surface area contributed by atoms with Crippen LogP contribution in [0.1, 0.15) is 27.0 Å². The molecular weight excluding hydrogens is 258 g/mol. The van der Waals surface area contributed by atoms with Crippen molar-refractivity contribution in [3.8, 4) is 0 Å². The molecule has 0 atom stereocenters. The van der Waals surface area contributed by atoms with Crippen molar-refractivity contribution in [2.75, 3.05) is 0 Å². The molecule has 1 aromatic heterocycles. The minimum absolute atomic E-state index is 0.138. The molecule has 21 heavy (non-hydrogen) atoms. The summed E-state index contributed by atoms with van der Waals surface area (Å²) < 4.78 is 0. The van der Waals surface area contributed by atoms with Crippen LogP contribution in [-0.4, -0.2) is 10.8 Å². The van der Waals surface area contributed by atoms with Crippen LogP contribution < -0.4 is 0 Å². The Morgan fingerprint density at radius 3 is 2.57 bits per heavy atom. The molecule has 2 nitrogen and oxygen atoms in total. The number of hydrogen-bond donors (Lipinski definition) is 0. The van der Waals surface area contributed by atoms with E-state index in [-0.39, 0.29) is 5.78 Å². The molecule has 0 aliphatic heterocycles. The van der Waals surface area contributed by atoms with Crippen molar-refractivity contribution in [1.82, 2.24) is 4.98 Å². The van der Waals surface area contributed by atoms with Crippen LogP contribution in [0.5, 0.6) is 0 Å². The number of ketones is 1. The van der Waals surface area contributed by atoms with Gasteiger partial charge in [-0.15, -0.1) is 0 Å². The van der Waals surface area contributed by atoms with Gasteiger partial charge in [0.25, 0.3) is 0 Å². The number of pyridine rings is 1. The number of benzene rings is 2. The summed E-state index contributed by atoms with van der Waals surface area (Å²) in [7, 11) is 0. The SMILES string of the molecule is Cc1cc(C)cc(CC(=O)c2cccc3ccncc23)c1. The van der Waals surface area contributed by atoms with Crippen LogP contribution in [0.2, 0.25) is 0 Å². The molecule has 0 spiro atoms. The molecule has 3 rings (SSSR count). The predicted molar refractivity (Wildman–Crippen MR) is 85.7 cm³/mol. The van der Waals surface area contributed by atoms with Crippen molar-refractivity contribution < 1.29 is 4.79 Å². The maximum atomic E-state index is 12.6. The lowest BCUT2D eigenvalue weighted by atomic mass is 9.97. The Morgan fingerprint density at radius 1 is 1.05 bits per heavy atom. The molecule has 0 saturated heterocycles. The molecule has 3 aromatic rings. The van der Waals surface area contributed by atoms with Crippen LogP contribution in [0.4, 0.5) is 0 Å². The summed E-state index contributed by atoms with van der Waals surface area (Å²) in [6.45, 7) is 4.12. The molecule has 0 aliphatic carbocycles. The molecule has 0 N–H and O–H groups in total. The van der Waals surface area contributed by atoms with Gasteiger partial charge in [-0.25, -0.2) is 0 Å². The molecule has 0 amide bonds. The Labute approximate surface area is 124 Å². The maximum Gasteiger partial charge on any atom is 0.167 e. The molecule has 1 heterocycles. The molecule has 2 heteroatoms. The third-order valence-corrected chi connectivity index (χ3v) is 3.63. The van der Waals surface area contributed by atoms with Gasteiger partial charge in [-0.3, -0.25) is 9.78 Å². The number of carbonyl (C=O) groups is 1. The first kappa shape index (κ1) is 13.5. The average molecular weight is 275 g/mol. The first-order valence-corrected chi connectivity index (χ1v) is 7.06. The zero-order chi connectivity index (χ0) is 14.8. The highest BCUT2D eigenvalue weighted by molar-refractivity contribution is 6.08. The Balaban J connectivity index is 1.97. The van der Waals surface area contributed by atoms with Crippen molar-refractivity contribution in [3.63, 3.8) is 0 Å². The second kappa shape index (κ2) is 5.49. The van der Waals surface area contributed by atoms with Gasteiger partial charge in [0.2, 0.25) is 0 Å². The fourth-order valence-electron chi connectivity index (χ4n) is 2.81. The fraction of sp³-hybridized carbons (Fsp3) is 0.158. The first-order chi connectivity index (χ1) is 10.1. The Kier molecular flexibility index (Phi) is 3.53. The molecule has 0 aliphatic rings. The van der Waals surface area contributed by atoms with E-state index in [0.29, 0.717) is 6.42 Å². The maximum absolute atomic E-state index is 12.6. The van der Waals surface area contributed by atoms with E-state index in [9.17, 15) is 4.79 Å². The standard InChI is InChI=1S/C19H17NO/c1-13-8-14(2)10-15(9-13)11-19(21)17-5-3-4-16-6-7-20-12-18(16)17/h3-10,12H,11H2,1-2H3. The van der Waals surface area contributed by atoms with E-state index in [4.69, 9.17) is 0 Å². The van der Waals surface area contributed by atoms with E-state index >= 15 is 0 Å². The number of aryl methyl sites for hydroxylation is 2. The summed E-state index contributed by atoms with van der Waals surface area (Å²) in [4.78, 5) is 16.8. The lowest BCUT2D eigenvalue weighted by Gasteiger charge is -2.07. The van der Waals surface area contributed by atoms with Gasteiger partial charge < -0.3 is 0 Å². The number of rotatable bonds is 3. The zero-order valence-corrected chi connectivity index (χ0v) is 12.3. The summed E-state index contributed by atoms with van der Waals surface area (Å²) in [6.07, 6.45) is 3.95. The van der Waals surface area contributed by atoms with Crippen LogP contribution in [0.15, 0.2) is 54.9 Å². The second-order valence-corrected chi connectivity index (χ2v) is 5.50. The van der Waals surface area contributed by atoms with Crippen LogP contribution in [0.3, 0.4) is 0 Å². The number of carbonyl (C=O) groups excluding carboxylic acids is 1. The van der Waals surface area contributed by atoms with Crippen molar-refractivity contribution in [2.45, 2.75) is 20.3 Å². The summed E-state index contributed by atoms with van der Waals surface area (Å²) >= 11 is 0. The number of fused-ring (bicyclic) bond motifs is 1. The Hall–Kier alpha value is -2.48. The summed E-state index contributed by atoms with van der Waals surface area (Å²) in [5, 5.41) is 1.98. The minimum Gasteiger partial charge on any atom is -0.294 e. The summed E-state index contributed by atoms with van der Waals surface area (Å²) in [6, 6.07) is 14.0. The van der Waals surface area contributed by atoms with Crippen molar-refractivity contribution in [1.29, 1.82) is 0 Å². The van der Waals surface area contributed by atoms with Gasteiger partial charge in [0.05, 0.1) is 0 Å². The van der Waals surface area contributed by atoms with Gasteiger partial charge >= 0.3 is 0 Å². The Morgan fingerprint density at radius 2 is 1.81 bits per heavy atom. The largest absolute Gasteiger partial charge is 0.294 e. The van der Waals surface area contributed by atoms with E-state index in [1.165, 1.54) is 11.1 Å². The zero-order valence-electron chi connectivity index (χ0n) is 12.3. The molecule has 2 aromatic carbocycles. The van der Waals surface area contributed by atoms with Gasteiger partial charge in [0, 0.05) is 29.8 Å². The second-order valence-electron chi connectivity index (χ2n) is 5.50. The van der Waals surface area contributed by atoms with Crippen molar-refractivity contribution in [3.05, 3.63) is 77.1 Å². The average Bonchev–Trinajstić information content (AvgIpc) is 2.45. The van der Waals surface area contributed by atoms with Crippen LogP contribution in [0.25, 0.3) is 10.8 Å². The normalized spacial score (nSPS) is 10.8. The predicted octanol–water partition coefficient (Wildman–Crippen LogP) is 4.28. The lowest BCUT2D eigenvalue weighted by molar-refractivity contribution is 0.0994. The van der Waals surface area contributed by atoms with E-state index in [2.05, 4.69) is 37.0 Å². The number of Topliss-reactive ketones (excluding diaryl/α,β-unsaturated/α-hetero) is 1. The summed E-state index contributed by atoms with van der Waals surface area (Å²) in [5.41, 5.74) is 4.20. The summed E-state index contributed by atoms with van der Waals surface area (Å²) in [5.74, 6) is 0.138. The van der Waals surface area contributed by atoms with E-state index in [0.717, 1.165) is 21.9 Å². The number of nitrogens with zero attached hydrogens (tertiary/aromatic N) is 1. The van der Waals surface area contributed by atoms with E-state index in [1.54, 1.807) is 12.4 Å². The lowest BCUT2D eigenvalue weighted by Crippen LogP contribution is -2.05. The van der Waals surface area contributed by atoms with Crippen LogP contribution in [-0.2, 0) is 6.42 Å². The topological polar surface area (TPSA) is 30.0 Å². The highest BCUT2D eigenvalue weighted by Crippen LogP contribution is 2.20. The highest BCUT2D eigenvalue weighted by atomic mass is 16.1. The van der Waals surface area contributed by atoms with Gasteiger partial charge in [-0.05, 0) is 30.9 Å². The third-order valence-electron chi connectivity index (χ3n) is 3.63. The van der Waals surface area contributed by atoms with Crippen LogP contribution in [0, 0.1) is 13.8 Å². The van der Waals surface area contributed by atoms with Crippen molar-refractivity contribution >= 4 is 16.6 Å². The molecule has 0 radical (unpaired) electrons. The third kappa shape index (κ3) is 2.84. The fourth-order valence-corrected chi connectivity index (χ4v) is 2.81. The number of aromatic nitrogens is 1. The minimum atomic E-state index is 0.138. The Bertz CT molecular complexity index is 795.